The minimum atomic E-state index is -0.430. The van der Waals surface area contributed by atoms with Crippen LogP contribution in [0.1, 0.15) is 27.9 Å². The second-order valence-corrected chi connectivity index (χ2v) is 6.77. The highest BCUT2D eigenvalue weighted by molar-refractivity contribution is 6.04. The van der Waals surface area contributed by atoms with Gasteiger partial charge < -0.3 is 15.5 Å². The fraction of sp³-hybridized carbons (Fsp3) is 0.286. The lowest BCUT2D eigenvalue weighted by Crippen LogP contribution is -2.28. The van der Waals surface area contributed by atoms with Crippen LogP contribution in [0.15, 0.2) is 42.5 Å². The van der Waals surface area contributed by atoms with Gasteiger partial charge in [-0.2, -0.15) is 0 Å². The largest absolute Gasteiger partial charge is 0.355 e. The molecule has 3 amide bonds. The number of carbonyl (C=O) groups is 3. The number of rotatable bonds is 4. The Kier molecular flexibility index (Phi) is 5.26. The molecule has 0 bridgehead atoms. The molecule has 0 aliphatic carbocycles. The number of benzene rings is 2. The Hall–Kier alpha value is -3.15. The highest BCUT2D eigenvalue weighted by Crippen LogP contribution is 2.30. The van der Waals surface area contributed by atoms with E-state index in [1.807, 2.05) is 32.0 Å². The standard InChI is InChI=1S/C21H23N3O3/c1-13-6-4-9-18(14(13)2)24-12-16(11-19(24)25)21(27)23-17-8-5-7-15(10-17)20(26)22-3/h4-10,16H,11-12H2,1-3H3,(H,22,26)(H,23,27). The fourth-order valence-corrected chi connectivity index (χ4v) is 3.27. The van der Waals surface area contributed by atoms with Gasteiger partial charge in [0.05, 0.1) is 5.92 Å². The van der Waals surface area contributed by atoms with E-state index in [9.17, 15) is 14.4 Å². The van der Waals surface area contributed by atoms with Gasteiger partial charge >= 0.3 is 0 Å². The summed E-state index contributed by atoms with van der Waals surface area (Å²) in [6.07, 6.45) is 0.175. The minimum absolute atomic E-state index is 0.0528. The van der Waals surface area contributed by atoms with Crippen molar-refractivity contribution >= 4 is 29.1 Å². The minimum Gasteiger partial charge on any atom is -0.355 e. The molecule has 2 aromatic rings. The number of nitrogens with zero attached hydrogens (tertiary/aromatic N) is 1. The Morgan fingerprint density at radius 1 is 1.11 bits per heavy atom. The molecule has 1 saturated heterocycles. The van der Waals surface area contributed by atoms with Crippen LogP contribution < -0.4 is 15.5 Å². The zero-order valence-corrected chi connectivity index (χ0v) is 15.7. The third-order valence-electron chi connectivity index (χ3n) is 4.98. The highest BCUT2D eigenvalue weighted by Gasteiger charge is 2.35. The van der Waals surface area contributed by atoms with E-state index in [4.69, 9.17) is 0 Å². The molecule has 1 aliphatic rings. The Bertz CT molecular complexity index is 907. The van der Waals surface area contributed by atoms with Crippen LogP contribution >= 0.6 is 0 Å². The third kappa shape index (κ3) is 3.84. The predicted molar refractivity (Wildman–Crippen MR) is 105 cm³/mol. The summed E-state index contributed by atoms with van der Waals surface area (Å²) in [4.78, 5) is 38.6. The van der Waals surface area contributed by atoms with Gasteiger partial charge in [-0.25, -0.2) is 0 Å². The van der Waals surface area contributed by atoms with Crippen molar-refractivity contribution in [3.8, 4) is 0 Å². The summed E-state index contributed by atoms with van der Waals surface area (Å²) in [5.41, 5.74) is 4.02. The van der Waals surface area contributed by atoms with Crippen molar-refractivity contribution in [2.45, 2.75) is 20.3 Å². The van der Waals surface area contributed by atoms with Gasteiger partial charge in [0.1, 0.15) is 0 Å². The number of carbonyl (C=O) groups excluding carboxylic acids is 3. The molecule has 27 heavy (non-hydrogen) atoms. The average molecular weight is 365 g/mol. The maximum atomic E-state index is 12.6. The first kappa shape index (κ1) is 18.6. The van der Waals surface area contributed by atoms with Gasteiger partial charge in [-0.3, -0.25) is 14.4 Å². The van der Waals surface area contributed by atoms with Crippen LogP contribution in [0.25, 0.3) is 0 Å². The molecule has 6 nitrogen and oxygen atoms in total. The van der Waals surface area contributed by atoms with Crippen LogP contribution in [0.3, 0.4) is 0 Å². The molecule has 1 heterocycles. The molecule has 0 aromatic heterocycles. The first-order valence-corrected chi connectivity index (χ1v) is 8.90. The molecule has 140 valence electrons. The molecule has 0 spiro atoms. The molecule has 2 N–H and O–H groups in total. The van der Waals surface area contributed by atoms with Crippen molar-refractivity contribution in [1.82, 2.24) is 5.32 Å². The van der Waals surface area contributed by atoms with Crippen LogP contribution in [0.5, 0.6) is 0 Å². The predicted octanol–water partition coefficient (Wildman–Crippen LogP) is 2.65. The second-order valence-electron chi connectivity index (χ2n) is 6.77. The average Bonchev–Trinajstić information content (AvgIpc) is 3.05. The molecule has 1 fully saturated rings. The van der Waals surface area contributed by atoms with E-state index in [-0.39, 0.29) is 24.1 Å². The zero-order valence-electron chi connectivity index (χ0n) is 15.7. The lowest BCUT2D eigenvalue weighted by atomic mass is 10.1. The van der Waals surface area contributed by atoms with Crippen LogP contribution in [-0.2, 0) is 9.59 Å². The lowest BCUT2D eigenvalue weighted by molar-refractivity contribution is -0.122. The van der Waals surface area contributed by atoms with E-state index in [1.54, 1.807) is 36.2 Å². The molecular formula is C21H23N3O3. The zero-order chi connectivity index (χ0) is 19.6. The maximum Gasteiger partial charge on any atom is 0.251 e. The van der Waals surface area contributed by atoms with E-state index >= 15 is 0 Å². The summed E-state index contributed by atoms with van der Waals surface area (Å²) >= 11 is 0. The van der Waals surface area contributed by atoms with E-state index in [0.717, 1.165) is 16.8 Å². The summed E-state index contributed by atoms with van der Waals surface area (Å²) in [5, 5.41) is 5.38. The van der Waals surface area contributed by atoms with Crippen molar-refractivity contribution in [2.24, 2.45) is 5.92 Å². The second kappa shape index (κ2) is 7.61. The van der Waals surface area contributed by atoms with Crippen LogP contribution in [0.2, 0.25) is 0 Å². The number of hydrogen-bond acceptors (Lipinski definition) is 3. The number of hydrogen-bond donors (Lipinski definition) is 2. The fourth-order valence-electron chi connectivity index (χ4n) is 3.27. The molecule has 0 radical (unpaired) electrons. The number of amides is 3. The number of aryl methyl sites for hydroxylation is 1. The van der Waals surface area contributed by atoms with Crippen LogP contribution in [0.4, 0.5) is 11.4 Å². The molecule has 2 aromatic carbocycles. The summed E-state index contributed by atoms with van der Waals surface area (Å²) in [6.45, 7) is 4.34. The third-order valence-corrected chi connectivity index (χ3v) is 4.98. The Morgan fingerprint density at radius 2 is 1.85 bits per heavy atom. The van der Waals surface area contributed by atoms with E-state index in [0.29, 0.717) is 17.8 Å². The van der Waals surface area contributed by atoms with Gasteiger partial charge in [-0.05, 0) is 49.2 Å². The molecule has 1 aliphatic heterocycles. The Labute approximate surface area is 158 Å². The number of anilines is 2. The molecule has 3 rings (SSSR count). The topological polar surface area (TPSA) is 78.5 Å². The van der Waals surface area contributed by atoms with Crippen LogP contribution in [0, 0.1) is 19.8 Å². The molecule has 6 heteroatoms. The van der Waals surface area contributed by atoms with Crippen molar-refractivity contribution in [3.05, 3.63) is 59.2 Å². The Morgan fingerprint density at radius 3 is 2.59 bits per heavy atom. The molecule has 1 unspecified atom stereocenters. The van der Waals surface area contributed by atoms with Gasteiger partial charge in [0.15, 0.2) is 0 Å². The van der Waals surface area contributed by atoms with E-state index in [2.05, 4.69) is 10.6 Å². The number of nitrogens with one attached hydrogen (secondary N) is 2. The molecule has 0 saturated carbocycles. The first-order chi connectivity index (χ1) is 12.9. The lowest BCUT2D eigenvalue weighted by Gasteiger charge is -2.20. The summed E-state index contributed by atoms with van der Waals surface area (Å²) in [5.74, 6) is -0.919. The summed E-state index contributed by atoms with van der Waals surface area (Å²) < 4.78 is 0. The molecule has 1 atom stereocenters. The van der Waals surface area contributed by atoms with Crippen LogP contribution in [-0.4, -0.2) is 31.3 Å². The van der Waals surface area contributed by atoms with Crippen molar-refractivity contribution < 1.29 is 14.4 Å². The summed E-state index contributed by atoms with van der Waals surface area (Å²) in [7, 11) is 1.56. The van der Waals surface area contributed by atoms with Crippen molar-refractivity contribution in [2.75, 3.05) is 23.8 Å². The monoisotopic (exact) mass is 365 g/mol. The SMILES string of the molecule is CNC(=O)c1cccc(NC(=O)C2CC(=O)N(c3cccc(C)c3C)C2)c1. The van der Waals surface area contributed by atoms with Crippen molar-refractivity contribution in [3.63, 3.8) is 0 Å². The first-order valence-electron chi connectivity index (χ1n) is 8.90. The van der Waals surface area contributed by atoms with Gasteiger partial charge in [0.25, 0.3) is 5.91 Å². The highest BCUT2D eigenvalue weighted by atomic mass is 16.2. The van der Waals surface area contributed by atoms with E-state index < -0.39 is 5.92 Å². The van der Waals surface area contributed by atoms with Crippen molar-refractivity contribution in [1.29, 1.82) is 0 Å². The van der Waals surface area contributed by atoms with Gasteiger partial charge in [0, 0.05) is 37.0 Å². The smallest absolute Gasteiger partial charge is 0.251 e. The normalized spacial score (nSPS) is 16.3. The van der Waals surface area contributed by atoms with E-state index in [1.165, 1.54) is 0 Å². The van der Waals surface area contributed by atoms with Gasteiger partial charge in [-0.1, -0.05) is 18.2 Å². The maximum absolute atomic E-state index is 12.6. The Balaban J connectivity index is 1.73. The van der Waals surface area contributed by atoms with Gasteiger partial charge in [0.2, 0.25) is 11.8 Å². The summed E-state index contributed by atoms with van der Waals surface area (Å²) in [6, 6.07) is 12.6. The quantitative estimate of drug-likeness (QED) is 0.874. The molecular weight excluding hydrogens is 342 g/mol. The van der Waals surface area contributed by atoms with Gasteiger partial charge in [-0.15, -0.1) is 0 Å².